The van der Waals surface area contributed by atoms with Gasteiger partial charge in [0.15, 0.2) is 0 Å². The number of hydrogen-bond donors (Lipinski definition) is 1. The van der Waals surface area contributed by atoms with Crippen LogP contribution in [-0.2, 0) is 0 Å². The fourth-order valence-corrected chi connectivity index (χ4v) is 3.97. The van der Waals surface area contributed by atoms with Crippen LogP contribution in [0, 0.1) is 17.8 Å². The Labute approximate surface area is 113 Å². The van der Waals surface area contributed by atoms with Crippen molar-refractivity contribution in [2.24, 2.45) is 17.8 Å². The van der Waals surface area contributed by atoms with Gasteiger partial charge in [-0.2, -0.15) is 0 Å². The van der Waals surface area contributed by atoms with E-state index < -0.39 is 0 Å². The second-order valence-electron chi connectivity index (χ2n) is 6.96. The quantitative estimate of drug-likeness (QED) is 0.780. The molecule has 2 saturated carbocycles. The van der Waals surface area contributed by atoms with Crippen LogP contribution in [0.3, 0.4) is 0 Å². The molecule has 0 aromatic heterocycles. The maximum atomic E-state index is 3.63. The summed E-state index contributed by atoms with van der Waals surface area (Å²) >= 11 is 0. The van der Waals surface area contributed by atoms with Gasteiger partial charge in [-0.25, -0.2) is 0 Å². The molecule has 2 unspecified atom stereocenters. The largest absolute Gasteiger partial charge is 0.314 e. The Morgan fingerprint density at radius 2 is 1.78 bits per heavy atom. The average molecular weight is 250 g/mol. The van der Waals surface area contributed by atoms with Crippen LogP contribution in [0.4, 0.5) is 0 Å². The molecule has 0 bridgehead atoms. The first-order valence-electron chi connectivity index (χ1n) is 8.25. The van der Waals surface area contributed by atoms with E-state index in [-0.39, 0.29) is 0 Å². The predicted octanol–water partition coefficient (Wildman–Crippen LogP) is 2.89. The van der Waals surface area contributed by atoms with Crippen LogP contribution in [0.25, 0.3) is 0 Å². The molecule has 2 atom stereocenters. The van der Waals surface area contributed by atoms with Crippen molar-refractivity contribution >= 4 is 0 Å². The Balaban J connectivity index is 1.50. The van der Waals surface area contributed by atoms with Crippen molar-refractivity contribution < 1.29 is 0 Å². The van der Waals surface area contributed by atoms with Crippen LogP contribution in [-0.4, -0.2) is 36.6 Å². The van der Waals surface area contributed by atoms with Crippen LogP contribution >= 0.6 is 0 Å². The summed E-state index contributed by atoms with van der Waals surface area (Å²) in [5.74, 6) is 3.27. The van der Waals surface area contributed by atoms with E-state index in [1.54, 1.807) is 0 Å². The van der Waals surface area contributed by atoms with Crippen LogP contribution in [0.1, 0.15) is 52.4 Å². The van der Waals surface area contributed by atoms with Gasteiger partial charge in [-0.3, -0.25) is 0 Å². The summed E-state index contributed by atoms with van der Waals surface area (Å²) in [6, 6.07) is 1.57. The number of nitrogens with one attached hydrogen (secondary N) is 1. The van der Waals surface area contributed by atoms with Crippen LogP contribution in [0.2, 0.25) is 0 Å². The second-order valence-corrected chi connectivity index (χ2v) is 6.96. The summed E-state index contributed by atoms with van der Waals surface area (Å²) in [4.78, 5) is 2.80. The lowest BCUT2D eigenvalue weighted by molar-refractivity contribution is 0.105. The van der Waals surface area contributed by atoms with Crippen molar-refractivity contribution in [1.82, 2.24) is 10.2 Å². The monoisotopic (exact) mass is 250 g/mol. The molecule has 1 heterocycles. The van der Waals surface area contributed by atoms with Gasteiger partial charge in [0.25, 0.3) is 0 Å². The number of rotatable bonds is 6. The van der Waals surface area contributed by atoms with Crippen molar-refractivity contribution in [3.8, 4) is 0 Å². The third-order valence-corrected chi connectivity index (χ3v) is 5.41. The molecule has 0 aromatic rings. The van der Waals surface area contributed by atoms with E-state index in [9.17, 15) is 0 Å². The molecule has 18 heavy (non-hydrogen) atoms. The first-order valence-corrected chi connectivity index (χ1v) is 8.25. The van der Waals surface area contributed by atoms with Gasteiger partial charge in [0.05, 0.1) is 0 Å². The highest BCUT2D eigenvalue weighted by Crippen LogP contribution is 2.49. The van der Waals surface area contributed by atoms with Crippen LogP contribution in [0.15, 0.2) is 0 Å². The number of hydrogen-bond acceptors (Lipinski definition) is 2. The Morgan fingerprint density at radius 3 is 2.28 bits per heavy atom. The molecule has 1 aliphatic heterocycles. The first-order chi connectivity index (χ1) is 8.78. The van der Waals surface area contributed by atoms with E-state index in [1.165, 1.54) is 51.6 Å². The molecule has 2 aliphatic carbocycles. The van der Waals surface area contributed by atoms with Crippen molar-refractivity contribution in [2.75, 3.05) is 19.6 Å². The molecule has 2 heteroatoms. The molecule has 0 spiro atoms. The molecular formula is C16H30N2. The summed E-state index contributed by atoms with van der Waals surface area (Å²) in [7, 11) is 0. The molecule has 0 amide bonds. The second kappa shape index (κ2) is 5.50. The van der Waals surface area contributed by atoms with Crippen molar-refractivity contribution in [3.05, 3.63) is 0 Å². The maximum absolute atomic E-state index is 3.63. The van der Waals surface area contributed by atoms with E-state index in [0.717, 1.165) is 36.4 Å². The topological polar surface area (TPSA) is 15.3 Å². The van der Waals surface area contributed by atoms with Crippen molar-refractivity contribution in [2.45, 2.75) is 64.5 Å². The van der Waals surface area contributed by atoms with E-state index >= 15 is 0 Å². The van der Waals surface area contributed by atoms with Gasteiger partial charge < -0.3 is 10.2 Å². The minimum atomic E-state index is 0.779. The van der Waals surface area contributed by atoms with E-state index in [4.69, 9.17) is 0 Å². The normalized spacial score (nSPS) is 34.2. The Kier molecular flexibility index (Phi) is 3.95. The van der Waals surface area contributed by atoms with Gasteiger partial charge in [0, 0.05) is 18.6 Å². The number of piperidine rings is 1. The maximum Gasteiger partial charge on any atom is 0.00939 e. The van der Waals surface area contributed by atoms with Crippen LogP contribution < -0.4 is 5.32 Å². The van der Waals surface area contributed by atoms with Gasteiger partial charge in [-0.05, 0) is 76.3 Å². The van der Waals surface area contributed by atoms with Crippen molar-refractivity contribution in [1.29, 1.82) is 0 Å². The van der Waals surface area contributed by atoms with Gasteiger partial charge in [0.2, 0.25) is 0 Å². The molecular weight excluding hydrogens is 220 g/mol. The molecule has 1 saturated heterocycles. The highest BCUT2D eigenvalue weighted by Gasteiger charge is 2.42. The van der Waals surface area contributed by atoms with Crippen LogP contribution in [0.5, 0.6) is 0 Å². The lowest BCUT2D eigenvalue weighted by Crippen LogP contribution is -2.49. The van der Waals surface area contributed by atoms with Gasteiger partial charge in [-0.1, -0.05) is 6.92 Å². The predicted molar refractivity (Wildman–Crippen MR) is 76.7 cm³/mol. The zero-order valence-corrected chi connectivity index (χ0v) is 12.2. The molecule has 0 aromatic carbocycles. The Morgan fingerprint density at radius 1 is 1.11 bits per heavy atom. The summed E-state index contributed by atoms with van der Waals surface area (Å²) in [5, 5.41) is 3.63. The molecule has 1 N–H and O–H groups in total. The summed E-state index contributed by atoms with van der Waals surface area (Å²) in [5.41, 5.74) is 0. The van der Waals surface area contributed by atoms with E-state index in [1.807, 2.05) is 0 Å². The highest BCUT2D eigenvalue weighted by atomic mass is 15.2. The van der Waals surface area contributed by atoms with Gasteiger partial charge >= 0.3 is 0 Å². The fourth-order valence-electron chi connectivity index (χ4n) is 3.97. The lowest BCUT2D eigenvalue weighted by atomic mass is 9.92. The fraction of sp³-hybridized carbons (Fsp3) is 1.00. The zero-order valence-electron chi connectivity index (χ0n) is 12.2. The lowest BCUT2D eigenvalue weighted by Gasteiger charge is -2.40. The van der Waals surface area contributed by atoms with Gasteiger partial charge in [-0.15, -0.1) is 0 Å². The number of likely N-dealkylation sites (tertiary alicyclic amines) is 1. The van der Waals surface area contributed by atoms with E-state index in [2.05, 4.69) is 24.1 Å². The molecule has 3 fully saturated rings. The summed E-state index contributed by atoms with van der Waals surface area (Å²) in [6.45, 7) is 8.54. The first kappa shape index (κ1) is 12.9. The standard InChI is InChI=1S/C16H30N2/c1-3-17-15-8-9-18(12(2)10-15)11-16(13-4-5-13)14-6-7-14/h12-17H,3-11H2,1-2H3. The minimum Gasteiger partial charge on any atom is -0.314 e. The summed E-state index contributed by atoms with van der Waals surface area (Å²) < 4.78 is 0. The highest BCUT2D eigenvalue weighted by molar-refractivity contribution is 4.94. The van der Waals surface area contributed by atoms with E-state index in [0.29, 0.717) is 0 Å². The smallest absolute Gasteiger partial charge is 0.00939 e. The Hall–Kier alpha value is -0.0800. The molecule has 3 aliphatic rings. The van der Waals surface area contributed by atoms with Gasteiger partial charge in [0.1, 0.15) is 0 Å². The number of nitrogens with zero attached hydrogens (tertiary/aromatic N) is 1. The third-order valence-electron chi connectivity index (χ3n) is 5.41. The molecule has 0 radical (unpaired) electrons. The minimum absolute atomic E-state index is 0.779. The zero-order chi connectivity index (χ0) is 12.5. The molecule has 3 rings (SSSR count). The average Bonchev–Trinajstić information content (AvgIpc) is 3.22. The summed E-state index contributed by atoms with van der Waals surface area (Å²) in [6.07, 6.45) is 8.84. The molecule has 104 valence electrons. The van der Waals surface area contributed by atoms with Crippen molar-refractivity contribution in [3.63, 3.8) is 0 Å². The third kappa shape index (κ3) is 3.08. The Bertz CT molecular complexity index is 258. The SMILES string of the molecule is CCNC1CCN(CC(C2CC2)C2CC2)C(C)C1. The molecule has 2 nitrogen and oxygen atoms in total.